The van der Waals surface area contributed by atoms with Crippen molar-refractivity contribution in [1.82, 2.24) is 0 Å². The lowest BCUT2D eigenvalue weighted by molar-refractivity contribution is 0.0176. The Morgan fingerprint density at radius 2 is 1.86 bits per heavy atom. The molecular formula is C14H21NO5S. The molecule has 1 rings (SSSR count). The van der Waals surface area contributed by atoms with Gasteiger partial charge in [0.25, 0.3) is 0 Å². The van der Waals surface area contributed by atoms with E-state index in [1.807, 2.05) is 13.8 Å². The fourth-order valence-corrected chi connectivity index (χ4v) is 2.32. The topological polar surface area (TPSA) is 95.7 Å². The first-order chi connectivity index (χ1) is 9.62. The van der Waals surface area contributed by atoms with Crippen LogP contribution in [0.2, 0.25) is 0 Å². The number of nitrogens with two attached hydrogens (primary N) is 1. The Kier molecular flexibility index (Phi) is 5.88. The summed E-state index contributed by atoms with van der Waals surface area (Å²) in [5.41, 5.74) is 1.52. The Hall–Kier alpha value is -1.44. The smallest absolute Gasteiger partial charge is 0.338 e. The van der Waals surface area contributed by atoms with E-state index >= 15 is 0 Å². The predicted molar refractivity (Wildman–Crippen MR) is 78.7 cm³/mol. The lowest BCUT2D eigenvalue weighted by Crippen LogP contribution is -2.17. The minimum atomic E-state index is -3.87. The third-order valence-corrected chi connectivity index (χ3v) is 3.85. The van der Waals surface area contributed by atoms with Crippen LogP contribution in [0.4, 0.5) is 0 Å². The molecule has 7 heteroatoms. The molecule has 118 valence electrons. The summed E-state index contributed by atoms with van der Waals surface area (Å²) in [6.07, 6.45) is 0.0541. The average Bonchev–Trinajstić information content (AvgIpc) is 2.35. The van der Waals surface area contributed by atoms with Crippen LogP contribution in [0.15, 0.2) is 17.0 Å². The average molecular weight is 315 g/mol. The summed E-state index contributed by atoms with van der Waals surface area (Å²) < 4.78 is 33.2. The van der Waals surface area contributed by atoms with E-state index in [1.54, 1.807) is 13.8 Å². The van der Waals surface area contributed by atoms with Crippen LogP contribution in [0.5, 0.6) is 0 Å². The zero-order chi connectivity index (χ0) is 16.2. The Morgan fingerprint density at radius 1 is 1.24 bits per heavy atom. The number of carbonyl (C=O) groups excluding carboxylic acids is 1. The van der Waals surface area contributed by atoms with Crippen LogP contribution in [0, 0.1) is 13.8 Å². The van der Waals surface area contributed by atoms with Gasteiger partial charge in [-0.15, -0.1) is 0 Å². The second-order valence-electron chi connectivity index (χ2n) is 5.01. The molecule has 0 heterocycles. The summed E-state index contributed by atoms with van der Waals surface area (Å²) in [6, 6.07) is 2.67. The molecular weight excluding hydrogens is 294 g/mol. The molecule has 1 aromatic carbocycles. The number of carbonyl (C=O) groups is 1. The Labute approximate surface area is 125 Å². The number of ether oxygens (including phenoxy) is 2. The van der Waals surface area contributed by atoms with Crippen molar-refractivity contribution in [3.8, 4) is 0 Å². The summed E-state index contributed by atoms with van der Waals surface area (Å²) >= 11 is 0. The molecule has 0 saturated carbocycles. The molecule has 21 heavy (non-hydrogen) atoms. The highest BCUT2D eigenvalue weighted by molar-refractivity contribution is 7.89. The van der Waals surface area contributed by atoms with Crippen LogP contribution in [0.3, 0.4) is 0 Å². The van der Waals surface area contributed by atoms with Gasteiger partial charge in [-0.25, -0.2) is 18.4 Å². The fraction of sp³-hybridized carbons (Fsp3) is 0.500. The highest BCUT2D eigenvalue weighted by Crippen LogP contribution is 2.20. The van der Waals surface area contributed by atoms with Gasteiger partial charge in [0.1, 0.15) is 6.61 Å². The van der Waals surface area contributed by atoms with Crippen LogP contribution in [-0.4, -0.2) is 33.7 Å². The van der Waals surface area contributed by atoms with E-state index < -0.39 is 16.0 Å². The van der Waals surface area contributed by atoms with Gasteiger partial charge in [0.05, 0.1) is 23.2 Å². The first kappa shape index (κ1) is 17.6. The van der Waals surface area contributed by atoms with E-state index in [-0.39, 0.29) is 29.8 Å². The normalized spacial score (nSPS) is 11.7. The number of hydrogen-bond donors (Lipinski definition) is 1. The summed E-state index contributed by atoms with van der Waals surface area (Å²) in [6.45, 7) is 7.59. The number of esters is 1. The Balaban J connectivity index is 2.91. The quantitative estimate of drug-likeness (QED) is 0.634. The summed E-state index contributed by atoms with van der Waals surface area (Å²) in [7, 11) is -3.87. The third-order valence-electron chi connectivity index (χ3n) is 2.96. The van der Waals surface area contributed by atoms with E-state index in [0.717, 1.165) is 0 Å². The maximum Gasteiger partial charge on any atom is 0.338 e. The zero-order valence-electron chi connectivity index (χ0n) is 12.7. The number of aryl methyl sites for hydroxylation is 1. The molecule has 0 aliphatic heterocycles. The molecule has 6 nitrogen and oxygen atoms in total. The van der Waals surface area contributed by atoms with Crippen molar-refractivity contribution in [1.29, 1.82) is 0 Å². The molecule has 0 amide bonds. The van der Waals surface area contributed by atoms with Crippen LogP contribution >= 0.6 is 0 Å². The van der Waals surface area contributed by atoms with Gasteiger partial charge in [-0.2, -0.15) is 0 Å². The van der Waals surface area contributed by atoms with Crippen molar-refractivity contribution in [3.05, 3.63) is 28.8 Å². The van der Waals surface area contributed by atoms with Crippen molar-refractivity contribution in [2.75, 3.05) is 13.2 Å². The van der Waals surface area contributed by atoms with E-state index in [9.17, 15) is 13.2 Å². The van der Waals surface area contributed by atoms with Crippen molar-refractivity contribution in [2.24, 2.45) is 5.14 Å². The number of hydrogen-bond acceptors (Lipinski definition) is 5. The number of benzene rings is 1. The van der Waals surface area contributed by atoms with Gasteiger partial charge in [-0.3, -0.25) is 0 Å². The van der Waals surface area contributed by atoms with E-state index in [0.29, 0.717) is 11.1 Å². The minimum absolute atomic E-state index is 0.0541. The third kappa shape index (κ3) is 5.11. The fourth-order valence-electron chi connectivity index (χ4n) is 1.70. The Morgan fingerprint density at radius 3 is 2.38 bits per heavy atom. The van der Waals surface area contributed by atoms with Gasteiger partial charge in [0, 0.05) is 0 Å². The van der Waals surface area contributed by atoms with Gasteiger partial charge >= 0.3 is 5.97 Å². The predicted octanol–water partition coefficient (Wildman–Crippen LogP) is 1.53. The maximum absolute atomic E-state index is 12.0. The maximum atomic E-state index is 12.0. The molecule has 0 aliphatic carbocycles. The highest BCUT2D eigenvalue weighted by atomic mass is 32.2. The van der Waals surface area contributed by atoms with Gasteiger partial charge in [0.2, 0.25) is 10.0 Å². The molecule has 0 aliphatic rings. The second kappa shape index (κ2) is 7.02. The molecule has 0 fully saturated rings. The van der Waals surface area contributed by atoms with E-state index in [4.69, 9.17) is 14.6 Å². The number of rotatable bonds is 6. The lowest BCUT2D eigenvalue weighted by atomic mass is 10.0. The van der Waals surface area contributed by atoms with E-state index in [2.05, 4.69) is 0 Å². The second-order valence-corrected chi connectivity index (χ2v) is 6.57. The monoisotopic (exact) mass is 315 g/mol. The standard InChI is InChI=1S/C14H21NO5S/c1-9(2)19-5-6-20-14(16)13-8-12(21(15,17)18)7-10(3)11(13)4/h7-9H,5-6H2,1-4H3,(H2,15,17,18). The molecule has 0 spiro atoms. The summed E-state index contributed by atoms with van der Waals surface area (Å²) in [5.74, 6) is -0.589. The molecule has 0 radical (unpaired) electrons. The van der Waals surface area contributed by atoms with Crippen LogP contribution in [-0.2, 0) is 19.5 Å². The van der Waals surface area contributed by atoms with Crippen molar-refractivity contribution >= 4 is 16.0 Å². The first-order valence-electron chi connectivity index (χ1n) is 6.55. The van der Waals surface area contributed by atoms with Gasteiger partial charge in [-0.05, 0) is 51.0 Å². The Bertz CT molecular complexity index is 622. The van der Waals surface area contributed by atoms with Crippen molar-refractivity contribution in [3.63, 3.8) is 0 Å². The van der Waals surface area contributed by atoms with Crippen LogP contribution in [0.1, 0.15) is 35.3 Å². The molecule has 0 aromatic heterocycles. The summed E-state index contributed by atoms with van der Waals surface area (Å²) in [4.78, 5) is 11.9. The van der Waals surface area contributed by atoms with Gasteiger partial charge in [0.15, 0.2) is 0 Å². The molecule has 0 bridgehead atoms. The largest absolute Gasteiger partial charge is 0.460 e. The molecule has 1 aromatic rings. The van der Waals surface area contributed by atoms with Gasteiger partial charge in [-0.1, -0.05) is 0 Å². The van der Waals surface area contributed by atoms with Crippen molar-refractivity contribution < 1.29 is 22.7 Å². The number of primary sulfonamides is 1. The van der Waals surface area contributed by atoms with Crippen LogP contribution < -0.4 is 5.14 Å². The van der Waals surface area contributed by atoms with Crippen LogP contribution in [0.25, 0.3) is 0 Å². The molecule has 0 atom stereocenters. The molecule has 2 N–H and O–H groups in total. The SMILES string of the molecule is Cc1cc(S(N)(=O)=O)cc(C(=O)OCCOC(C)C)c1C. The van der Waals surface area contributed by atoms with Crippen molar-refractivity contribution in [2.45, 2.75) is 38.7 Å². The highest BCUT2D eigenvalue weighted by Gasteiger charge is 2.18. The minimum Gasteiger partial charge on any atom is -0.460 e. The zero-order valence-corrected chi connectivity index (χ0v) is 13.5. The lowest BCUT2D eigenvalue weighted by Gasteiger charge is -2.12. The number of sulfonamides is 1. The van der Waals surface area contributed by atoms with Gasteiger partial charge < -0.3 is 9.47 Å². The molecule has 0 unspecified atom stereocenters. The first-order valence-corrected chi connectivity index (χ1v) is 8.10. The van der Waals surface area contributed by atoms with E-state index in [1.165, 1.54) is 12.1 Å². The molecule has 0 saturated heterocycles. The summed E-state index contributed by atoms with van der Waals surface area (Å²) in [5, 5.41) is 5.10.